The molecule has 2 atom stereocenters. The normalized spacial score (nSPS) is 19.7. The lowest BCUT2D eigenvalue weighted by Gasteiger charge is -2.27. The van der Waals surface area contributed by atoms with E-state index in [9.17, 15) is 0 Å². The summed E-state index contributed by atoms with van der Waals surface area (Å²) in [4.78, 5) is 0. The minimum Gasteiger partial charge on any atom is -0.0848 e. The summed E-state index contributed by atoms with van der Waals surface area (Å²) in [5.41, 5.74) is 3.28. The molecule has 0 bridgehead atoms. The number of allylic oxidation sites excluding steroid dienone is 2. The molecule has 0 spiro atoms. The van der Waals surface area contributed by atoms with Crippen molar-refractivity contribution in [2.75, 3.05) is 0 Å². The fourth-order valence-corrected chi connectivity index (χ4v) is 3.88. The number of aryl methyl sites for hydroxylation is 1. The van der Waals surface area contributed by atoms with Gasteiger partial charge >= 0.3 is 0 Å². The van der Waals surface area contributed by atoms with Crippen molar-refractivity contribution in [1.82, 2.24) is 0 Å². The van der Waals surface area contributed by atoms with Crippen LogP contribution < -0.4 is 0 Å². The van der Waals surface area contributed by atoms with Crippen molar-refractivity contribution in [3.63, 3.8) is 0 Å². The minimum atomic E-state index is 0.843. The summed E-state index contributed by atoms with van der Waals surface area (Å²) in [6, 6.07) is 11.0. The zero-order chi connectivity index (χ0) is 15.6. The Balaban J connectivity index is 1.75. The summed E-state index contributed by atoms with van der Waals surface area (Å²) in [6.07, 6.45) is 16.3. The first-order valence-corrected chi connectivity index (χ1v) is 9.56. The molecule has 122 valence electrons. The first kappa shape index (κ1) is 17.3. The molecular weight excluding hydrogens is 264 g/mol. The SMILES string of the molecule is CCCCC1CC=C(C(CC)CCCc2ccccc2)CC1. The highest BCUT2D eigenvalue weighted by Gasteiger charge is 2.19. The van der Waals surface area contributed by atoms with Crippen LogP contribution in [0.5, 0.6) is 0 Å². The zero-order valence-electron chi connectivity index (χ0n) is 14.7. The fourth-order valence-electron chi connectivity index (χ4n) is 3.88. The predicted molar refractivity (Wildman–Crippen MR) is 98.1 cm³/mol. The van der Waals surface area contributed by atoms with Crippen molar-refractivity contribution in [2.45, 2.75) is 78.1 Å². The molecule has 22 heavy (non-hydrogen) atoms. The molecule has 1 aromatic rings. The van der Waals surface area contributed by atoms with E-state index in [0.29, 0.717) is 0 Å². The van der Waals surface area contributed by atoms with Gasteiger partial charge in [-0.25, -0.2) is 0 Å². The van der Waals surface area contributed by atoms with Crippen LogP contribution in [0, 0.1) is 11.8 Å². The van der Waals surface area contributed by atoms with Crippen LogP contribution in [-0.4, -0.2) is 0 Å². The Morgan fingerprint density at radius 3 is 2.55 bits per heavy atom. The maximum Gasteiger partial charge on any atom is -0.0206 e. The number of hydrogen-bond acceptors (Lipinski definition) is 0. The quantitative estimate of drug-likeness (QED) is 0.433. The smallest absolute Gasteiger partial charge is 0.0206 e. The van der Waals surface area contributed by atoms with E-state index in [0.717, 1.165) is 11.8 Å². The minimum absolute atomic E-state index is 0.843. The molecule has 0 saturated heterocycles. The van der Waals surface area contributed by atoms with Gasteiger partial charge in [0.2, 0.25) is 0 Å². The van der Waals surface area contributed by atoms with E-state index in [1.165, 1.54) is 69.8 Å². The van der Waals surface area contributed by atoms with Crippen molar-refractivity contribution < 1.29 is 0 Å². The van der Waals surface area contributed by atoms with E-state index in [1.54, 1.807) is 5.57 Å². The Morgan fingerprint density at radius 2 is 1.91 bits per heavy atom. The average Bonchev–Trinajstić information content (AvgIpc) is 2.58. The van der Waals surface area contributed by atoms with Crippen LogP contribution in [0.25, 0.3) is 0 Å². The van der Waals surface area contributed by atoms with Gasteiger partial charge in [0.05, 0.1) is 0 Å². The van der Waals surface area contributed by atoms with Gasteiger partial charge in [-0.2, -0.15) is 0 Å². The molecule has 0 heterocycles. The molecule has 2 rings (SSSR count). The monoisotopic (exact) mass is 298 g/mol. The molecule has 1 aliphatic rings. The van der Waals surface area contributed by atoms with Crippen molar-refractivity contribution in [2.24, 2.45) is 11.8 Å². The second-order valence-corrected chi connectivity index (χ2v) is 7.04. The molecule has 0 nitrogen and oxygen atoms in total. The first-order chi connectivity index (χ1) is 10.8. The summed E-state index contributed by atoms with van der Waals surface area (Å²) in [5.74, 6) is 1.82. The zero-order valence-corrected chi connectivity index (χ0v) is 14.7. The maximum absolute atomic E-state index is 2.61. The van der Waals surface area contributed by atoms with E-state index in [2.05, 4.69) is 50.3 Å². The Hall–Kier alpha value is -1.04. The molecule has 0 amide bonds. The Kier molecular flexibility index (Phi) is 7.77. The van der Waals surface area contributed by atoms with Crippen molar-refractivity contribution in [1.29, 1.82) is 0 Å². The van der Waals surface area contributed by atoms with Crippen molar-refractivity contribution in [3.05, 3.63) is 47.5 Å². The highest BCUT2D eigenvalue weighted by Crippen LogP contribution is 2.34. The van der Waals surface area contributed by atoms with Crippen LogP contribution in [0.4, 0.5) is 0 Å². The summed E-state index contributed by atoms with van der Waals surface area (Å²) in [5, 5.41) is 0. The number of rotatable bonds is 9. The van der Waals surface area contributed by atoms with Gasteiger partial charge in [0, 0.05) is 0 Å². The second-order valence-electron chi connectivity index (χ2n) is 7.04. The molecule has 0 radical (unpaired) electrons. The van der Waals surface area contributed by atoms with Crippen LogP contribution in [0.3, 0.4) is 0 Å². The topological polar surface area (TPSA) is 0 Å². The third-order valence-corrected chi connectivity index (χ3v) is 5.40. The molecule has 0 N–H and O–H groups in total. The number of benzene rings is 1. The summed E-state index contributed by atoms with van der Waals surface area (Å²) in [6.45, 7) is 4.68. The van der Waals surface area contributed by atoms with E-state index in [1.807, 2.05) is 0 Å². The van der Waals surface area contributed by atoms with Gasteiger partial charge in [-0.1, -0.05) is 75.1 Å². The van der Waals surface area contributed by atoms with Gasteiger partial charge in [-0.15, -0.1) is 0 Å². The van der Waals surface area contributed by atoms with Gasteiger partial charge in [0.15, 0.2) is 0 Å². The highest BCUT2D eigenvalue weighted by atomic mass is 14.2. The van der Waals surface area contributed by atoms with Crippen molar-refractivity contribution >= 4 is 0 Å². The lowest BCUT2D eigenvalue weighted by molar-refractivity contribution is 0.394. The summed E-state index contributed by atoms with van der Waals surface area (Å²) in [7, 11) is 0. The van der Waals surface area contributed by atoms with Crippen LogP contribution in [-0.2, 0) is 6.42 Å². The molecule has 0 fully saturated rings. The Bertz CT molecular complexity index is 429. The predicted octanol–water partition coefficient (Wildman–Crippen LogP) is 6.95. The Morgan fingerprint density at radius 1 is 1.09 bits per heavy atom. The fraction of sp³-hybridized carbons (Fsp3) is 0.636. The molecule has 0 saturated carbocycles. The number of unbranched alkanes of at least 4 members (excludes halogenated alkanes) is 1. The number of hydrogen-bond donors (Lipinski definition) is 0. The molecule has 1 aromatic carbocycles. The molecule has 1 aliphatic carbocycles. The van der Waals surface area contributed by atoms with Gasteiger partial charge in [0.1, 0.15) is 0 Å². The van der Waals surface area contributed by atoms with Crippen LogP contribution in [0.1, 0.15) is 77.2 Å². The van der Waals surface area contributed by atoms with E-state index in [-0.39, 0.29) is 0 Å². The van der Waals surface area contributed by atoms with E-state index < -0.39 is 0 Å². The third kappa shape index (κ3) is 5.63. The van der Waals surface area contributed by atoms with Gasteiger partial charge in [0.25, 0.3) is 0 Å². The summed E-state index contributed by atoms with van der Waals surface area (Å²) >= 11 is 0. The average molecular weight is 299 g/mol. The standard InChI is InChI=1S/C22H34/c1-3-5-10-20-15-17-22(18-16-20)21(4-2)14-9-13-19-11-7-6-8-12-19/h6-8,11-12,17,20-21H,3-5,9-10,13-16,18H2,1-2H3. The third-order valence-electron chi connectivity index (χ3n) is 5.40. The molecule has 0 heteroatoms. The van der Waals surface area contributed by atoms with Crippen LogP contribution in [0.15, 0.2) is 42.0 Å². The Labute approximate surface area is 138 Å². The summed E-state index contributed by atoms with van der Waals surface area (Å²) < 4.78 is 0. The molecule has 0 aromatic heterocycles. The maximum atomic E-state index is 2.61. The largest absolute Gasteiger partial charge is 0.0848 e. The molecule has 2 unspecified atom stereocenters. The lowest BCUT2D eigenvalue weighted by atomic mass is 9.79. The van der Waals surface area contributed by atoms with Gasteiger partial charge in [-0.05, 0) is 62.3 Å². The van der Waals surface area contributed by atoms with Crippen LogP contribution >= 0.6 is 0 Å². The lowest BCUT2D eigenvalue weighted by Crippen LogP contribution is -2.12. The highest BCUT2D eigenvalue weighted by molar-refractivity contribution is 5.15. The van der Waals surface area contributed by atoms with Crippen molar-refractivity contribution in [3.8, 4) is 0 Å². The van der Waals surface area contributed by atoms with Gasteiger partial charge in [-0.3, -0.25) is 0 Å². The first-order valence-electron chi connectivity index (χ1n) is 9.56. The van der Waals surface area contributed by atoms with Gasteiger partial charge < -0.3 is 0 Å². The molecular formula is C22H34. The molecule has 0 aliphatic heterocycles. The second kappa shape index (κ2) is 9.87. The van der Waals surface area contributed by atoms with E-state index in [4.69, 9.17) is 0 Å². The van der Waals surface area contributed by atoms with E-state index >= 15 is 0 Å². The van der Waals surface area contributed by atoms with Crippen LogP contribution in [0.2, 0.25) is 0 Å².